The number of hydrogen-bond donors (Lipinski definition) is 0. The fraction of sp³-hybridized carbons (Fsp3) is 0.929. The van der Waals surface area contributed by atoms with Crippen molar-refractivity contribution < 1.29 is 23.1 Å². The highest BCUT2D eigenvalue weighted by atomic mass is 31.2. The summed E-state index contributed by atoms with van der Waals surface area (Å²) in [7, 11) is -3.50. The molecule has 20 heavy (non-hydrogen) atoms. The molecule has 0 saturated carbocycles. The number of ether oxygens (including phenoxy) is 1. The lowest BCUT2D eigenvalue weighted by Gasteiger charge is -2.29. The van der Waals surface area contributed by atoms with Gasteiger partial charge in [0.2, 0.25) is 0 Å². The summed E-state index contributed by atoms with van der Waals surface area (Å²) in [5, 5.41) is 0. The van der Waals surface area contributed by atoms with Gasteiger partial charge in [-0.15, -0.1) is 0 Å². The zero-order valence-corrected chi connectivity index (χ0v) is 14.7. The standard InChI is InChI=1S/C14H29O5P/c1-8-17-20(16,18-9-2)12(10-11(3)4)13(15)19-14(5,6)7/h11-12H,8-10H2,1-7H3. The SMILES string of the molecule is CCOP(=O)(OCC)C(CC(C)C)C(=O)OC(C)(C)C. The van der Waals surface area contributed by atoms with Gasteiger partial charge in [-0.2, -0.15) is 0 Å². The summed E-state index contributed by atoms with van der Waals surface area (Å²) in [6.07, 6.45) is 0.409. The van der Waals surface area contributed by atoms with Gasteiger partial charge in [-0.05, 0) is 47.0 Å². The minimum Gasteiger partial charge on any atom is -0.459 e. The first kappa shape index (κ1) is 19.6. The van der Waals surface area contributed by atoms with Crippen LogP contribution in [0.25, 0.3) is 0 Å². The van der Waals surface area contributed by atoms with E-state index in [9.17, 15) is 9.36 Å². The van der Waals surface area contributed by atoms with Gasteiger partial charge in [0.05, 0.1) is 13.2 Å². The molecular formula is C14H29O5P. The molecule has 0 saturated heterocycles. The Morgan fingerprint density at radius 1 is 1.10 bits per heavy atom. The number of carbonyl (C=O) groups is 1. The molecule has 0 aliphatic rings. The average molecular weight is 308 g/mol. The Kier molecular flexibility index (Phi) is 8.00. The van der Waals surface area contributed by atoms with Gasteiger partial charge in [0.25, 0.3) is 0 Å². The summed E-state index contributed by atoms with van der Waals surface area (Å²) in [6.45, 7) is 13.2. The summed E-state index contributed by atoms with van der Waals surface area (Å²) in [5.74, 6) is -0.335. The Hall–Kier alpha value is -0.380. The van der Waals surface area contributed by atoms with Crippen molar-refractivity contribution in [1.29, 1.82) is 0 Å². The summed E-state index contributed by atoms with van der Waals surface area (Å²) in [5.41, 5.74) is -1.50. The minimum atomic E-state index is -3.50. The Morgan fingerprint density at radius 3 is 1.85 bits per heavy atom. The lowest BCUT2D eigenvalue weighted by Crippen LogP contribution is -2.33. The van der Waals surface area contributed by atoms with Crippen molar-refractivity contribution in [2.45, 2.75) is 66.1 Å². The first-order chi connectivity index (χ1) is 9.05. The van der Waals surface area contributed by atoms with Gasteiger partial charge in [-0.3, -0.25) is 9.36 Å². The molecule has 6 heteroatoms. The topological polar surface area (TPSA) is 61.8 Å². The van der Waals surface area contributed by atoms with Crippen LogP contribution in [0.4, 0.5) is 0 Å². The van der Waals surface area contributed by atoms with Crippen molar-refractivity contribution in [3.8, 4) is 0 Å². The Balaban J connectivity index is 5.29. The van der Waals surface area contributed by atoms with E-state index in [1.54, 1.807) is 34.6 Å². The number of rotatable bonds is 8. The highest BCUT2D eigenvalue weighted by Crippen LogP contribution is 2.55. The molecule has 0 bridgehead atoms. The van der Waals surface area contributed by atoms with Gasteiger partial charge < -0.3 is 13.8 Å². The maximum absolute atomic E-state index is 12.8. The second kappa shape index (κ2) is 8.16. The van der Waals surface area contributed by atoms with Crippen LogP contribution in [0.15, 0.2) is 0 Å². The predicted octanol–water partition coefficient (Wildman–Crippen LogP) is 4.01. The fourth-order valence-corrected chi connectivity index (χ4v) is 3.89. The first-order valence-corrected chi connectivity index (χ1v) is 8.78. The van der Waals surface area contributed by atoms with Crippen LogP contribution in [0.3, 0.4) is 0 Å². The Labute approximate surface area is 122 Å². The third-order valence-corrected chi connectivity index (χ3v) is 4.79. The van der Waals surface area contributed by atoms with E-state index in [2.05, 4.69) is 0 Å². The molecule has 120 valence electrons. The molecule has 0 aromatic rings. The normalized spacial score (nSPS) is 14.4. The maximum Gasteiger partial charge on any atom is 0.344 e. The van der Waals surface area contributed by atoms with Crippen LogP contribution in [-0.4, -0.2) is 30.4 Å². The van der Waals surface area contributed by atoms with Crippen LogP contribution in [-0.2, 0) is 23.1 Å². The number of esters is 1. The zero-order valence-electron chi connectivity index (χ0n) is 13.8. The second-order valence-corrected chi connectivity index (χ2v) is 8.27. The van der Waals surface area contributed by atoms with Crippen LogP contribution in [0.2, 0.25) is 0 Å². The van der Waals surface area contributed by atoms with E-state index in [0.717, 1.165) is 0 Å². The van der Waals surface area contributed by atoms with Crippen molar-refractivity contribution in [3.63, 3.8) is 0 Å². The van der Waals surface area contributed by atoms with E-state index >= 15 is 0 Å². The van der Waals surface area contributed by atoms with Crippen molar-refractivity contribution in [3.05, 3.63) is 0 Å². The van der Waals surface area contributed by atoms with Gasteiger partial charge in [0, 0.05) is 0 Å². The van der Waals surface area contributed by atoms with Crippen LogP contribution in [0.5, 0.6) is 0 Å². The molecule has 0 amide bonds. The molecule has 1 unspecified atom stereocenters. The molecule has 0 spiro atoms. The molecule has 0 aliphatic heterocycles. The van der Waals surface area contributed by atoms with Crippen LogP contribution < -0.4 is 0 Å². The average Bonchev–Trinajstić information content (AvgIpc) is 2.23. The Morgan fingerprint density at radius 2 is 1.55 bits per heavy atom. The molecule has 0 N–H and O–H groups in total. The molecule has 0 heterocycles. The molecule has 5 nitrogen and oxygen atoms in total. The third kappa shape index (κ3) is 6.87. The van der Waals surface area contributed by atoms with Crippen molar-refractivity contribution >= 4 is 13.6 Å². The highest BCUT2D eigenvalue weighted by Gasteiger charge is 2.43. The summed E-state index contributed by atoms with van der Waals surface area (Å²) >= 11 is 0. The predicted molar refractivity (Wildman–Crippen MR) is 79.9 cm³/mol. The van der Waals surface area contributed by atoms with Crippen molar-refractivity contribution in [1.82, 2.24) is 0 Å². The van der Waals surface area contributed by atoms with E-state index in [1.807, 2.05) is 13.8 Å². The van der Waals surface area contributed by atoms with E-state index < -0.39 is 24.8 Å². The molecule has 0 aliphatic carbocycles. The quantitative estimate of drug-likeness (QED) is 0.501. The van der Waals surface area contributed by atoms with Gasteiger partial charge in [0.1, 0.15) is 5.60 Å². The lowest BCUT2D eigenvalue weighted by atomic mass is 10.1. The third-order valence-electron chi connectivity index (χ3n) is 2.37. The maximum atomic E-state index is 12.8. The fourth-order valence-electron chi connectivity index (χ4n) is 1.75. The van der Waals surface area contributed by atoms with Crippen molar-refractivity contribution in [2.24, 2.45) is 5.92 Å². The van der Waals surface area contributed by atoms with Gasteiger partial charge in [-0.25, -0.2) is 0 Å². The smallest absolute Gasteiger partial charge is 0.344 e. The monoisotopic (exact) mass is 308 g/mol. The van der Waals surface area contributed by atoms with Crippen LogP contribution in [0.1, 0.15) is 54.9 Å². The number of hydrogen-bond acceptors (Lipinski definition) is 5. The Bertz CT molecular complexity index is 336. The van der Waals surface area contributed by atoms with E-state index in [1.165, 1.54) is 0 Å². The second-order valence-electron chi connectivity index (χ2n) is 6.05. The lowest BCUT2D eigenvalue weighted by molar-refractivity contribution is -0.155. The van der Waals surface area contributed by atoms with Gasteiger partial charge >= 0.3 is 13.6 Å². The van der Waals surface area contributed by atoms with Crippen LogP contribution >= 0.6 is 7.60 Å². The zero-order chi connectivity index (χ0) is 16.0. The largest absolute Gasteiger partial charge is 0.459 e. The van der Waals surface area contributed by atoms with E-state index in [0.29, 0.717) is 6.42 Å². The molecule has 0 aromatic carbocycles. The summed E-state index contributed by atoms with van der Waals surface area (Å²) in [4.78, 5) is 12.3. The molecule has 0 fully saturated rings. The summed E-state index contributed by atoms with van der Waals surface area (Å²) in [6, 6.07) is 0. The summed E-state index contributed by atoms with van der Waals surface area (Å²) < 4.78 is 28.8. The van der Waals surface area contributed by atoms with Crippen LogP contribution in [0, 0.1) is 5.92 Å². The highest BCUT2D eigenvalue weighted by molar-refractivity contribution is 7.55. The number of carbonyl (C=O) groups excluding carboxylic acids is 1. The van der Waals surface area contributed by atoms with E-state index in [-0.39, 0.29) is 19.1 Å². The minimum absolute atomic E-state index is 0.182. The molecule has 0 rings (SSSR count). The molecule has 0 aromatic heterocycles. The van der Waals surface area contributed by atoms with Gasteiger partial charge in [0.15, 0.2) is 5.66 Å². The first-order valence-electron chi connectivity index (χ1n) is 7.17. The molecule has 1 atom stereocenters. The molecule has 0 radical (unpaired) electrons. The van der Waals surface area contributed by atoms with E-state index in [4.69, 9.17) is 13.8 Å². The molecular weight excluding hydrogens is 279 g/mol. The van der Waals surface area contributed by atoms with Crippen molar-refractivity contribution in [2.75, 3.05) is 13.2 Å². The van der Waals surface area contributed by atoms with Gasteiger partial charge in [-0.1, -0.05) is 13.8 Å².